The van der Waals surface area contributed by atoms with Gasteiger partial charge >= 0.3 is 0 Å². The van der Waals surface area contributed by atoms with Crippen LogP contribution in [0.1, 0.15) is 6.85 Å². The summed E-state index contributed by atoms with van der Waals surface area (Å²) in [6, 6.07) is 25.7. The van der Waals surface area contributed by atoms with E-state index in [9.17, 15) is 0 Å². The molecule has 8 rings (SSSR count). The van der Waals surface area contributed by atoms with Gasteiger partial charge in [-0.05, 0) is 41.1 Å². The summed E-state index contributed by atoms with van der Waals surface area (Å²) in [4.78, 5) is 9.93. The minimum absolute atomic E-state index is 0.0163. The molecule has 0 aliphatic carbocycles. The smallest absolute Gasteiger partial charge is 0.248 e. The Morgan fingerprint density at radius 3 is 2.25 bits per heavy atom. The third kappa shape index (κ3) is 2.70. The van der Waals surface area contributed by atoms with Gasteiger partial charge in [0.25, 0.3) is 0 Å². The van der Waals surface area contributed by atoms with Crippen LogP contribution in [-0.2, 0) is 0 Å². The molecule has 168 valence electrons. The fourth-order valence-electron chi connectivity index (χ4n) is 5.09. The summed E-state index contributed by atoms with van der Waals surface area (Å²) in [5.41, 5.74) is 3.20. The predicted octanol–water partition coefficient (Wildman–Crippen LogP) is 8.29. The first-order valence-electron chi connectivity index (χ1n) is 14.1. The van der Waals surface area contributed by atoms with Crippen LogP contribution in [0.2, 0.25) is 0 Å². The molecule has 4 nitrogen and oxygen atoms in total. The minimum Gasteiger partial charge on any atom is -0.436 e. The van der Waals surface area contributed by atoms with Crippen LogP contribution in [0.3, 0.4) is 0 Å². The van der Waals surface area contributed by atoms with E-state index in [1.807, 2.05) is 71.3 Å². The monoisotopic (exact) mass is 466 g/mol. The third-order valence-electron chi connectivity index (χ3n) is 6.68. The van der Waals surface area contributed by atoms with Crippen LogP contribution in [0.5, 0.6) is 0 Å². The normalized spacial score (nSPS) is 13.8. The van der Waals surface area contributed by atoms with E-state index >= 15 is 0 Å². The second-order valence-corrected chi connectivity index (χ2v) is 8.72. The molecule has 3 aromatic heterocycles. The van der Waals surface area contributed by atoms with Gasteiger partial charge in [0.05, 0.1) is 17.9 Å². The molecular formula is C32H19N3O. The highest BCUT2D eigenvalue weighted by molar-refractivity contribution is 6.14. The van der Waals surface area contributed by atoms with Crippen molar-refractivity contribution < 1.29 is 11.3 Å². The number of rotatable bonds is 2. The lowest BCUT2D eigenvalue weighted by Crippen LogP contribution is -2.03. The molecule has 0 fully saturated rings. The van der Waals surface area contributed by atoms with Crippen molar-refractivity contribution in [3.63, 3.8) is 0 Å². The highest BCUT2D eigenvalue weighted by Gasteiger charge is 2.21. The molecule has 0 amide bonds. The molecule has 0 atom stereocenters. The molecule has 0 bridgehead atoms. The van der Waals surface area contributed by atoms with Gasteiger partial charge in [-0.3, -0.25) is 4.57 Å². The van der Waals surface area contributed by atoms with Crippen LogP contribution in [0.15, 0.2) is 120 Å². The summed E-state index contributed by atoms with van der Waals surface area (Å²) in [6.07, 6.45) is 0. The van der Waals surface area contributed by atoms with Crippen LogP contribution < -0.4 is 0 Å². The van der Waals surface area contributed by atoms with Crippen molar-refractivity contribution in [1.82, 2.24) is 14.5 Å². The largest absolute Gasteiger partial charge is 0.436 e. The van der Waals surface area contributed by atoms with Crippen molar-refractivity contribution in [3.05, 3.63) is 115 Å². The number of nitrogens with zero attached hydrogens (tertiary/aromatic N) is 3. The quantitative estimate of drug-likeness (QED) is 0.257. The Kier molecular flexibility index (Phi) is 3.05. The van der Waals surface area contributed by atoms with E-state index in [0.29, 0.717) is 22.6 Å². The van der Waals surface area contributed by atoms with Gasteiger partial charge in [0.1, 0.15) is 16.8 Å². The van der Waals surface area contributed by atoms with Crippen molar-refractivity contribution in [1.29, 1.82) is 0 Å². The van der Waals surface area contributed by atoms with E-state index in [2.05, 4.69) is 18.2 Å². The van der Waals surface area contributed by atoms with Crippen molar-refractivity contribution in [3.8, 4) is 17.1 Å². The van der Waals surface area contributed by atoms with E-state index < -0.39 is 18.1 Å². The second kappa shape index (κ2) is 7.27. The Morgan fingerprint density at radius 2 is 1.39 bits per heavy atom. The van der Waals surface area contributed by atoms with Crippen molar-refractivity contribution in [2.75, 3.05) is 0 Å². The topological polar surface area (TPSA) is 43.9 Å². The first kappa shape index (κ1) is 15.1. The molecule has 0 unspecified atom stereocenters. The average molecular weight is 467 g/mol. The molecule has 0 saturated carbocycles. The molecule has 4 heteroatoms. The van der Waals surface area contributed by atoms with Gasteiger partial charge in [-0.2, -0.15) is 4.98 Å². The first-order valence-corrected chi connectivity index (χ1v) is 11.6. The molecule has 0 spiro atoms. The van der Waals surface area contributed by atoms with Gasteiger partial charge in [0.15, 0.2) is 5.82 Å². The molecule has 0 aliphatic heterocycles. The van der Waals surface area contributed by atoms with Gasteiger partial charge in [-0.1, -0.05) is 84.8 Å². The van der Waals surface area contributed by atoms with Crippen LogP contribution in [0.25, 0.3) is 71.9 Å². The van der Waals surface area contributed by atoms with Crippen LogP contribution in [0.4, 0.5) is 0 Å². The Bertz CT molecular complexity index is 2360. The number of aromatic nitrogens is 3. The van der Waals surface area contributed by atoms with E-state index in [0.717, 1.165) is 38.0 Å². The summed E-state index contributed by atoms with van der Waals surface area (Å²) in [5, 5.41) is 4.84. The highest BCUT2D eigenvalue weighted by Crippen LogP contribution is 2.38. The average Bonchev–Trinajstić information content (AvgIpc) is 3.52. The molecule has 0 N–H and O–H groups in total. The van der Waals surface area contributed by atoms with Crippen LogP contribution >= 0.6 is 0 Å². The van der Waals surface area contributed by atoms with E-state index in [1.165, 1.54) is 0 Å². The predicted molar refractivity (Wildman–Crippen MR) is 147 cm³/mol. The summed E-state index contributed by atoms with van der Waals surface area (Å²) in [6.45, 7) is 0. The Labute approximate surface area is 213 Å². The lowest BCUT2D eigenvalue weighted by Gasteiger charge is -2.12. The number of fused-ring (bicyclic) bond motifs is 7. The summed E-state index contributed by atoms with van der Waals surface area (Å²) < 4.78 is 50.5. The lowest BCUT2D eigenvalue weighted by molar-refractivity contribution is 0.652. The van der Waals surface area contributed by atoms with E-state index in [4.69, 9.17) is 21.2 Å². The number of hydrogen-bond acceptors (Lipinski definition) is 3. The Morgan fingerprint density at radius 1 is 0.667 bits per heavy atom. The fourth-order valence-corrected chi connectivity index (χ4v) is 5.09. The maximum atomic E-state index is 8.79. The second-order valence-electron chi connectivity index (χ2n) is 8.72. The standard InChI is InChI=1S/C32H19N3O/c1-2-10-20(11-3-1)29-31(34-32-30(33-29)24-15-7-9-17-28(24)36-32)35-26-16-8-6-14-23(26)25-18-21-12-4-5-13-22(21)19-27(25)35/h1-19H/i1D,2D,3D,10D,11D. The van der Waals surface area contributed by atoms with Gasteiger partial charge in [0.2, 0.25) is 5.71 Å². The van der Waals surface area contributed by atoms with E-state index in [-0.39, 0.29) is 23.3 Å². The molecule has 8 aromatic rings. The zero-order valence-electron chi connectivity index (χ0n) is 23.8. The van der Waals surface area contributed by atoms with Crippen molar-refractivity contribution in [2.24, 2.45) is 0 Å². The van der Waals surface area contributed by atoms with E-state index in [1.54, 1.807) is 0 Å². The highest BCUT2D eigenvalue weighted by atomic mass is 16.3. The zero-order valence-corrected chi connectivity index (χ0v) is 18.8. The molecule has 0 aliphatic rings. The SMILES string of the molecule is [2H]c1c([2H])c([2H])c(-c2nc3c(nc2-n2c4ccccc4c4cc5ccccc5cc42)oc2ccccc23)c([2H])c1[2H]. The molecule has 0 radical (unpaired) electrons. The maximum absolute atomic E-state index is 8.79. The molecule has 36 heavy (non-hydrogen) atoms. The van der Waals surface area contributed by atoms with Crippen molar-refractivity contribution in [2.45, 2.75) is 0 Å². The molecule has 0 saturated heterocycles. The summed E-state index contributed by atoms with van der Waals surface area (Å²) >= 11 is 0. The number of para-hydroxylation sites is 2. The number of benzene rings is 5. The first-order chi connectivity index (χ1) is 19.9. The number of furan rings is 1. The molecule has 5 aromatic carbocycles. The minimum atomic E-state index is -0.462. The van der Waals surface area contributed by atoms with Crippen LogP contribution in [-0.4, -0.2) is 14.5 Å². The number of hydrogen-bond donors (Lipinski definition) is 0. The van der Waals surface area contributed by atoms with Gasteiger partial charge in [0, 0.05) is 21.7 Å². The van der Waals surface area contributed by atoms with Crippen LogP contribution in [0, 0.1) is 0 Å². The molecule has 3 heterocycles. The Balaban J connectivity index is 1.60. The van der Waals surface area contributed by atoms with Gasteiger partial charge in [-0.25, -0.2) is 4.98 Å². The molecular weight excluding hydrogens is 442 g/mol. The summed E-state index contributed by atoms with van der Waals surface area (Å²) in [5.74, 6) is 0.316. The maximum Gasteiger partial charge on any atom is 0.248 e. The van der Waals surface area contributed by atoms with Gasteiger partial charge < -0.3 is 4.42 Å². The Hall–Kier alpha value is -4.96. The zero-order chi connectivity index (χ0) is 28.0. The summed E-state index contributed by atoms with van der Waals surface area (Å²) in [7, 11) is 0. The van der Waals surface area contributed by atoms with Gasteiger partial charge in [-0.15, -0.1) is 0 Å². The third-order valence-corrected chi connectivity index (χ3v) is 6.68. The lowest BCUT2D eigenvalue weighted by atomic mass is 10.1. The fraction of sp³-hybridized carbons (Fsp3) is 0. The van der Waals surface area contributed by atoms with Crippen molar-refractivity contribution >= 4 is 54.8 Å².